The number of carbonyl (C=O) groups is 1. The second-order valence-electron chi connectivity index (χ2n) is 5.07. The van der Waals surface area contributed by atoms with Crippen LogP contribution in [0.25, 0.3) is 22.8 Å². The van der Waals surface area contributed by atoms with E-state index >= 15 is 0 Å². The lowest BCUT2D eigenvalue weighted by molar-refractivity contribution is 0.0693. The molecule has 5 N–H and O–H groups in total. The monoisotopic (exact) mass is 341 g/mol. The van der Waals surface area contributed by atoms with Crippen molar-refractivity contribution in [3.8, 4) is 45.8 Å². The highest BCUT2D eigenvalue weighted by Gasteiger charge is 2.19. The first-order chi connectivity index (χ1) is 11.8. The first-order valence-electron chi connectivity index (χ1n) is 6.87. The van der Waals surface area contributed by atoms with Gasteiger partial charge in [0.2, 0.25) is 0 Å². The summed E-state index contributed by atoms with van der Waals surface area (Å²) in [6.07, 6.45) is 1.11. The highest BCUT2D eigenvalue weighted by molar-refractivity contribution is 5.94. The predicted octanol–water partition coefficient (Wildman–Crippen LogP) is 1.73. The highest BCUT2D eigenvalue weighted by Crippen LogP contribution is 2.35. The number of hydrogen-bond donors (Lipinski definition) is 5. The number of hydrogen-bond acceptors (Lipinski definition) is 8. The Labute approximate surface area is 140 Å². The van der Waals surface area contributed by atoms with Crippen LogP contribution in [0.1, 0.15) is 10.4 Å². The molecule has 9 nitrogen and oxygen atoms in total. The largest absolute Gasteiger partial charge is 0.508 e. The summed E-state index contributed by atoms with van der Waals surface area (Å²) < 4.78 is 0. The van der Waals surface area contributed by atoms with Crippen LogP contribution in [0.4, 0.5) is 0 Å². The van der Waals surface area contributed by atoms with Crippen LogP contribution in [0.5, 0.6) is 23.0 Å². The number of aromatic hydroxyl groups is 4. The molecule has 0 fully saturated rings. The maximum atomic E-state index is 11.1. The molecular weight excluding hydrogens is 330 g/mol. The van der Waals surface area contributed by atoms with Crippen LogP contribution in [0, 0.1) is 0 Å². The van der Waals surface area contributed by atoms with Gasteiger partial charge in [0.15, 0.2) is 11.6 Å². The molecule has 0 atom stereocenters. The Morgan fingerprint density at radius 1 is 0.800 bits per heavy atom. The Morgan fingerprint density at radius 3 is 2.04 bits per heavy atom. The summed E-state index contributed by atoms with van der Waals surface area (Å²) in [6.45, 7) is 0. The zero-order chi connectivity index (χ0) is 18.1. The highest BCUT2D eigenvalue weighted by atomic mass is 16.4. The van der Waals surface area contributed by atoms with Crippen LogP contribution in [0.15, 0.2) is 36.7 Å². The quantitative estimate of drug-likeness (QED) is 0.447. The molecule has 2 aromatic carbocycles. The number of nitrogens with zero attached hydrogens (tertiary/aromatic N) is 3. The average Bonchev–Trinajstić information content (AvgIpc) is 2.55. The molecule has 0 bridgehead atoms. The van der Waals surface area contributed by atoms with E-state index < -0.39 is 17.3 Å². The summed E-state index contributed by atoms with van der Waals surface area (Å²) in [5.41, 5.74) is -0.336. The van der Waals surface area contributed by atoms with E-state index in [4.69, 9.17) is 5.11 Å². The van der Waals surface area contributed by atoms with E-state index in [1.807, 2.05) is 0 Å². The van der Waals surface area contributed by atoms with Crippen molar-refractivity contribution in [1.29, 1.82) is 0 Å². The number of rotatable bonds is 3. The Kier molecular flexibility index (Phi) is 3.82. The van der Waals surface area contributed by atoms with Gasteiger partial charge in [-0.15, -0.1) is 0 Å². The Morgan fingerprint density at radius 2 is 1.40 bits per heavy atom. The minimum atomic E-state index is -1.43. The third kappa shape index (κ3) is 3.11. The number of phenols is 4. The molecule has 25 heavy (non-hydrogen) atoms. The number of phenolic OH excluding ortho intramolecular Hbond substituents is 3. The minimum absolute atomic E-state index is 0.0656. The maximum absolute atomic E-state index is 11.1. The van der Waals surface area contributed by atoms with Crippen molar-refractivity contribution in [3.05, 3.63) is 42.2 Å². The maximum Gasteiger partial charge on any atom is 0.339 e. The summed E-state index contributed by atoms with van der Waals surface area (Å²) in [5.74, 6) is -2.86. The lowest BCUT2D eigenvalue weighted by atomic mass is 10.1. The van der Waals surface area contributed by atoms with Gasteiger partial charge in [-0.2, -0.15) is 0 Å². The smallest absolute Gasteiger partial charge is 0.339 e. The van der Waals surface area contributed by atoms with E-state index in [9.17, 15) is 25.2 Å². The molecule has 0 unspecified atom stereocenters. The Hall–Kier alpha value is -3.88. The molecule has 0 radical (unpaired) electrons. The van der Waals surface area contributed by atoms with E-state index in [-0.39, 0.29) is 40.0 Å². The molecule has 0 saturated carbocycles. The Balaban J connectivity index is 2.16. The van der Waals surface area contributed by atoms with E-state index in [1.165, 1.54) is 12.1 Å². The number of aromatic nitrogens is 3. The summed E-state index contributed by atoms with van der Waals surface area (Å²) >= 11 is 0. The lowest BCUT2D eigenvalue weighted by Gasteiger charge is -2.08. The second-order valence-corrected chi connectivity index (χ2v) is 5.07. The first-order valence-corrected chi connectivity index (χ1v) is 6.87. The standard InChI is InChI=1S/C16H11N3O6/c20-8-1-7(2-9(21)3-8)14-17-6-18-15(19-14)11-4-10(22)5-12(13(11)23)16(24)25/h1-6,20-23H,(H,24,25). The van der Waals surface area contributed by atoms with Gasteiger partial charge in [0.25, 0.3) is 0 Å². The van der Waals surface area contributed by atoms with E-state index in [2.05, 4.69) is 15.0 Å². The molecule has 3 rings (SSSR count). The summed E-state index contributed by atoms with van der Waals surface area (Å²) in [4.78, 5) is 23.0. The fraction of sp³-hybridized carbons (Fsp3) is 0. The van der Waals surface area contributed by atoms with Gasteiger partial charge in [0, 0.05) is 11.6 Å². The molecule has 0 aliphatic heterocycles. The third-order valence-corrected chi connectivity index (χ3v) is 3.30. The zero-order valence-electron chi connectivity index (χ0n) is 12.5. The van der Waals surface area contributed by atoms with E-state index in [1.54, 1.807) is 0 Å². The molecule has 3 aromatic rings. The van der Waals surface area contributed by atoms with Crippen LogP contribution in [0.3, 0.4) is 0 Å². The molecule has 1 aromatic heterocycles. The number of carboxylic acid groups (broad SMARTS) is 1. The predicted molar refractivity (Wildman–Crippen MR) is 84.3 cm³/mol. The first kappa shape index (κ1) is 16.0. The van der Waals surface area contributed by atoms with Gasteiger partial charge in [-0.25, -0.2) is 19.7 Å². The topological polar surface area (TPSA) is 157 Å². The van der Waals surface area contributed by atoms with Crippen LogP contribution < -0.4 is 0 Å². The Bertz CT molecular complexity index is 969. The normalized spacial score (nSPS) is 10.6. The second kappa shape index (κ2) is 5.96. The molecule has 0 amide bonds. The molecule has 1 heterocycles. The van der Waals surface area contributed by atoms with Crippen LogP contribution in [0.2, 0.25) is 0 Å². The molecule has 0 aliphatic rings. The number of aromatic carboxylic acids is 1. The van der Waals surface area contributed by atoms with Crippen LogP contribution >= 0.6 is 0 Å². The molecule has 126 valence electrons. The molecule has 0 spiro atoms. The van der Waals surface area contributed by atoms with Crippen molar-refractivity contribution in [2.75, 3.05) is 0 Å². The number of carboxylic acids is 1. The fourth-order valence-corrected chi connectivity index (χ4v) is 2.24. The average molecular weight is 341 g/mol. The number of benzene rings is 2. The van der Waals surface area contributed by atoms with Crippen molar-refractivity contribution >= 4 is 5.97 Å². The van der Waals surface area contributed by atoms with Gasteiger partial charge >= 0.3 is 5.97 Å². The minimum Gasteiger partial charge on any atom is -0.508 e. The van der Waals surface area contributed by atoms with Crippen molar-refractivity contribution in [2.24, 2.45) is 0 Å². The van der Waals surface area contributed by atoms with Gasteiger partial charge in [-0.05, 0) is 24.3 Å². The van der Waals surface area contributed by atoms with Crippen molar-refractivity contribution in [1.82, 2.24) is 15.0 Å². The van der Waals surface area contributed by atoms with Crippen LogP contribution in [-0.4, -0.2) is 46.5 Å². The lowest BCUT2D eigenvalue weighted by Crippen LogP contribution is -2.00. The molecule has 0 saturated heterocycles. The zero-order valence-corrected chi connectivity index (χ0v) is 12.5. The van der Waals surface area contributed by atoms with Crippen molar-refractivity contribution in [2.45, 2.75) is 0 Å². The SMILES string of the molecule is O=C(O)c1cc(O)cc(-c2ncnc(-c3cc(O)cc(O)c3)n2)c1O. The summed E-state index contributed by atoms with van der Waals surface area (Å²) in [6, 6.07) is 5.76. The van der Waals surface area contributed by atoms with Gasteiger partial charge in [0.05, 0.1) is 5.56 Å². The summed E-state index contributed by atoms with van der Waals surface area (Å²) in [7, 11) is 0. The third-order valence-electron chi connectivity index (χ3n) is 3.30. The van der Waals surface area contributed by atoms with Crippen LogP contribution in [-0.2, 0) is 0 Å². The molecule has 9 heteroatoms. The van der Waals surface area contributed by atoms with E-state index in [0.717, 1.165) is 24.5 Å². The van der Waals surface area contributed by atoms with Gasteiger partial charge in [-0.1, -0.05) is 0 Å². The van der Waals surface area contributed by atoms with Gasteiger partial charge < -0.3 is 25.5 Å². The van der Waals surface area contributed by atoms with Crippen molar-refractivity contribution in [3.63, 3.8) is 0 Å². The van der Waals surface area contributed by atoms with Crippen molar-refractivity contribution < 1.29 is 30.3 Å². The van der Waals surface area contributed by atoms with Gasteiger partial charge in [-0.3, -0.25) is 0 Å². The molecule has 0 aliphatic carbocycles. The van der Waals surface area contributed by atoms with E-state index in [0.29, 0.717) is 0 Å². The molecular formula is C16H11N3O6. The fourth-order valence-electron chi connectivity index (χ4n) is 2.24. The van der Waals surface area contributed by atoms with Gasteiger partial charge in [0.1, 0.15) is 34.9 Å². The summed E-state index contributed by atoms with van der Waals surface area (Å²) in [5, 5.41) is 48.0.